The average Bonchev–Trinajstić information content (AvgIpc) is 2.72. The topological polar surface area (TPSA) is 79.4 Å². The van der Waals surface area contributed by atoms with Gasteiger partial charge in [-0.25, -0.2) is 8.42 Å². The van der Waals surface area contributed by atoms with Crippen molar-refractivity contribution in [1.82, 2.24) is 4.98 Å². The van der Waals surface area contributed by atoms with Gasteiger partial charge in [-0.15, -0.1) is 0 Å². The van der Waals surface area contributed by atoms with Gasteiger partial charge in [-0.1, -0.05) is 21.4 Å². The highest BCUT2D eigenvalue weighted by molar-refractivity contribution is 7.96. The number of nitrogens with one attached hydrogen (secondary N) is 1. The highest BCUT2D eigenvalue weighted by atomic mass is 32.2. The van der Waals surface area contributed by atoms with Gasteiger partial charge in [0.05, 0.1) is 16.1 Å². The molecule has 1 heterocycles. The molecule has 0 saturated carbocycles. The van der Waals surface area contributed by atoms with Crippen molar-refractivity contribution in [1.29, 1.82) is 0 Å². The molecule has 3 aromatic rings. The average molecular weight is 495 g/mol. The predicted molar refractivity (Wildman–Crippen MR) is 128 cm³/mol. The number of aromatic nitrogens is 1. The molecule has 1 N–H and O–H groups in total. The fraction of sp³-hybridized carbons (Fsp3) is 0.143. The molecule has 1 amide bonds. The Morgan fingerprint density at radius 1 is 1.09 bits per heavy atom. The molecule has 6 nitrogen and oxygen atoms in total. The molecule has 2 atom stereocenters. The molecule has 32 heavy (non-hydrogen) atoms. The summed E-state index contributed by atoms with van der Waals surface area (Å²) in [5.41, 5.74) is -1.68. The highest BCUT2D eigenvalue weighted by Gasteiger charge is 2.28. The van der Waals surface area contributed by atoms with Gasteiger partial charge in [0, 0.05) is 23.1 Å². The second-order valence-electron chi connectivity index (χ2n) is 7.04. The summed E-state index contributed by atoms with van der Waals surface area (Å²) in [6.45, 7) is 3.30. The van der Waals surface area contributed by atoms with Crippen LogP contribution in [0.15, 0.2) is 65.7 Å². The molecule has 168 valence electrons. The van der Waals surface area contributed by atoms with E-state index in [0.717, 1.165) is 10.1 Å². The number of nitrogens with zero attached hydrogens (tertiary/aromatic N) is 2. The first kappa shape index (κ1) is 24.2. The molecular weight excluding hydrogens is 474 g/mol. The summed E-state index contributed by atoms with van der Waals surface area (Å²) >= 11 is 0. The number of amides is 1. The lowest BCUT2D eigenvalue weighted by atomic mass is 10.1. The van der Waals surface area contributed by atoms with E-state index in [1.165, 1.54) is 45.6 Å². The van der Waals surface area contributed by atoms with Crippen molar-refractivity contribution in [3.63, 3.8) is 0 Å². The van der Waals surface area contributed by atoms with E-state index in [9.17, 15) is 22.0 Å². The fourth-order valence-corrected chi connectivity index (χ4v) is 5.02. The molecule has 2 aromatic carbocycles. The normalized spacial score (nSPS) is 11.8. The van der Waals surface area contributed by atoms with Crippen molar-refractivity contribution in [2.45, 2.75) is 24.4 Å². The summed E-state index contributed by atoms with van der Waals surface area (Å²) in [5.74, 6) is -0.367. The van der Waals surface area contributed by atoms with Crippen LogP contribution in [-0.2, 0) is 15.7 Å². The molecule has 0 fully saturated rings. The largest absolute Gasteiger partial charge is 0.322 e. The third-order valence-electron chi connectivity index (χ3n) is 4.71. The zero-order valence-corrected chi connectivity index (χ0v) is 20.3. The molecule has 0 bridgehead atoms. The number of benzene rings is 2. The van der Waals surface area contributed by atoms with Crippen molar-refractivity contribution < 1.29 is 22.0 Å². The quantitative estimate of drug-likeness (QED) is 0.496. The Hall–Kier alpha value is -2.47. The maximum absolute atomic E-state index is 13.6. The van der Waals surface area contributed by atoms with Crippen molar-refractivity contribution >= 4 is 45.9 Å². The Balaban J connectivity index is 1.88. The highest BCUT2D eigenvalue weighted by Crippen LogP contribution is 2.38. The molecule has 0 radical (unpaired) electrons. The Morgan fingerprint density at radius 3 is 2.44 bits per heavy atom. The molecule has 0 spiro atoms. The van der Waals surface area contributed by atoms with Crippen LogP contribution in [0, 0.1) is 13.8 Å². The molecule has 11 heteroatoms. The Morgan fingerprint density at radius 2 is 1.81 bits per heavy atom. The molecule has 2 unspecified atom stereocenters. The summed E-state index contributed by atoms with van der Waals surface area (Å²) in [6.07, 6.45) is 1.58. The second kappa shape index (κ2) is 9.18. The minimum Gasteiger partial charge on any atom is -0.322 e. The second-order valence-corrected chi connectivity index (χ2v) is 10.4. The van der Waals surface area contributed by atoms with E-state index in [2.05, 4.69) is 19.7 Å². The molecule has 0 aliphatic heterocycles. The van der Waals surface area contributed by atoms with E-state index in [0.29, 0.717) is 22.5 Å². The maximum atomic E-state index is 13.6. The number of anilines is 2. The lowest BCUT2D eigenvalue weighted by Gasteiger charge is -2.22. The van der Waals surface area contributed by atoms with Gasteiger partial charge in [0.1, 0.15) is 0 Å². The summed E-state index contributed by atoms with van der Waals surface area (Å²) in [6, 6.07) is 12.8. The number of hydrogen-bond acceptors (Lipinski definition) is 4. The van der Waals surface area contributed by atoms with Crippen LogP contribution in [0.4, 0.5) is 20.2 Å². The smallest absolute Gasteiger partial charge is 0.283 e. The predicted octanol–water partition coefficient (Wildman–Crippen LogP) is 4.86. The van der Waals surface area contributed by atoms with E-state index in [1.54, 1.807) is 32.2 Å². The van der Waals surface area contributed by atoms with E-state index in [-0.39, 0.29) is 22.1 Å². The Bertz CT molecular complexity index is 1280. The molecule has 0 aliphatic carbocycles. The number of rotatable bonds is 6. The van der Waals surface area contributed by atoms with Crippen LogP contribution < -0.4 is 9.39 Å². The van der Waals surface area contributed by atoms with Crippen LogP contribution in [0.5, 0.6) is 0 Å². The fourth-order valence-electron chi connectivity index (χ4n) is 3.03. The van der Waals surface area contributed by atoms with Gasteiger partial charge in [0.2, 0.25) is 0 Å². The van der Waals surface area contributed by atoms with Crippen LogP contribution >= 0.6 is 18.6 Å². The van der Waals surface area contributed by atoms with Gasteiger partial charge in [-0.05, 0) is 71.3 Å². The number of hydrogen-bond donors (Lipinski definition) is 1. The minimum atomic E-state index is -4.07. The van der Waals surface area contributed by atoms with Gasteiger partial charge in [0.25, 0.3) is 21.6 Å². The summed E-state index contributed by atoms with van der Waals surface area (Å²) in [5, 5.41) is 2.73. The van der Waals surface area contributed by atoms with Gasteiger partial charge < -0.3 is 5.32 Å². The van der Waals surface area contributed by atoms with E-state index in [1.807, 2.05) is 0 Å². The van der Waals surface area contributed by atoms with Gasteiger partial charge >= 0.3 is 0 Å². The minimum absolute atomic E-state index is 0.0221. The van der Waals surface area contributed by atoms with Crippen molar-refractivity contribution in [2.75, 3.05) is 9.39 Å². The van der Waals surface area contributed by atoms with Gasteiger partial charge in [-0.2, -0.15) is 8.78 Å². The lowest BCUT2D eigenvalue weighted by Crippen LogP contribution is -2.22. The number of carbonyl (C=O) groups excluding carboxylic acids is 1. The van der Waals surface area contributed by atoms with Crippen LogP contribution in [0.1, 0.15) is 27.2 Å². The molecular formula is C21H21F2N3O3P2S. The monoisotopic (exact) mass is 495 g/mol. The summed E-state index contributed by atoms with van der Waals surface area (Å²) in [4.78, 5) is 16.5. The number of pyridine rings is 1. The zero-order chi connectivity index (χ0) is 23.7. The lowest BCUT2D eigenvalue weighted by molar-refractivity contribution is 0.102. The third kappa shape index (κ3) is 5.12. The number of sulfonamides is 1. The van der Waals surface area contributed by atoms with Crippen LogP contribution in [0.25, 0.3) is 0 Å². The summed E-state index contributed by atoms with van der Waals surface area (Å²) in [7, 11) is -0.585. The molecule has 0 saturated heterocycles. The molecule has 0 aliphatic rings. The van der Waals surface area contributed by atoms with Crippen LogP contribution in [0.2, 0.25) is 0 Å². The van der Waals surface area contributed by atoms with E-state index >= 15 is 0 Å². The van der Waals surface area contributed by atoms with Crippen LogP contribution in [-0.4, -0.2) is 19.3 Å². The number of alkyl halides is 2. The third-order valence-corrected chi connectivity index (χ3v) is 7.91. The maximum Gasteiger partial charge on any atom is 0.283 e. The number of aryl methyl sites for hydroxylation is 2. The standard InChI is InChI=1S/C21H21F2N3O3P2S/c1-13-11-16(25-20(27)18-7-4-10-24-14(18)2)8-9-19(13)32(28,29)26(31)17-6-3-5-15(12-17)21(22,23)30/h3-12H,30-31H2,1-2H3,(H,25,27). The van der Waals surface area contributed by atoms with E-state index < -0.39 is 15.7 Å². The Labute approximate surface area is 190 Å². The first-order chi connectivity index (χ1) is 14.9. The molecule has 3 rings (SSSR count). The zero-order valence-electron chi connectivity index (χ0n) is 17.2. The number of halogens is 2. The van der Waals surface area contributed by atoms with Gasteiger partial charge in [0.15, 0.2) is 0 Å². The first-order valence-electron chi connectivity index (χ1n) is 9.32. The first-order valence-corrected chi connectivity index (χ1v) is 11.9. The number of carbonyl (C=O) groups is 1. The van der Waals surface area contributed by atoms with E-state index in [4.69, 9.17) is 0 Å². The van der Waals surface area contributed by atoms with Crippen molar-refractivity contribution in [3.8, 4) is 0 Å². The van der Waals surface area contributed by atoms with Crippen molar-refractivity contribution in [3.05, 3.63) is 83.2 Å². The summed E-state index contributed by atoms with van der Waals surface area (Å²) < 4.78 is 54.4. The molecule has 1 aromatic heterocycles. The van der Waals surface area contributed by atoms with Crippen LogP contribution in [0.3, 0.4) is 0 Å². The van der Waals surface area contributed by atoms with Crippen molar-refractivity contribution in [2.24, 2.45) is 0 Å². The van der Waals surface area contributed by atoms with Gasteiger partial charge in [-0.3, -0.25) is 13.9 Å². The SMILES string of the molecule is Cc1cc(NC(=O)c2cccnc2C)ccc1S(=O)(=O)N(P)c1cccc(C(F)(F)P)c1. The Kier molecular flexibility index (Phi) is 6.94.